The minimum Gasteiger partial charge on any atom is -0.312 e. The molecule has 0 saturated carbocycles. The highest BCUT2D eigenvalue weighted by molar-refractivity contribution is 5.38. The summed E-state index contributed by atoms with van der Waals surface area (Å²) in [6, 6.07) is 8.52. The maximum Gasteiger partial charge on any atom is 0.0651 e. The Bertz CT molecular complexity index is 582. The van der Waals surface area contributed by atoms with E-state index >= 15 is 0 Å². The third kappa shape index (κ3) is 3.94. The number of hydrogen-bond donors (Lipinski definition) is 1. The van der Waals surface area contributed by atoms with E-state index in [4.69, 9.17) is 0 Å². The summed E-state index contributed by atoms with van der Waals surface area (Å²) < 4.78 is 2.09. The summed E-state index contributed by atoms with van der Waals surface area (Å²) in [4.78, 5) is 0. The summed E-state index contributed by atoms with van der Waals surface area (Å²) in [5, 5.41) is 8.14. The minimum atomic E-state index is 0.448. The molecule has 0 spiro atoms. The van der Waals surface area contributed by atoms with Crippen LogP contribution in [-0.4, -0.2) is 16.3 Å². The molecule has 2 aromatic rings. The zero-order chi connectivity index (χ0) is 15.4. The van der Waals surface area contributed by atoms with Gasteiger partial charge in [0.25, 0.3) is 0 Å². The fourth-order valence-electron chi connectivity index (χ4n) is 2.60. The summed E-state index contributed by atoms with van der Waals surface area (Å²) in [6.45, 7) is 13.0. The third-order valence-corrected chi connectivity index (χ3v) is 3.55. The molecule has 1 N–H and O–H groups in total. The highest BCUT2D eigenvalue weighted by atomic mass is 15.3. The van der Waals surface area contributed by atoms with E-state index in [1.165, 1.54) is 16.8 Å². The summed E-state index contributed by atoms with van der Waals surface area (Å²) in [6.07, 6.45) is 2.00. The Morgan fingerprint density at radius 1 is 1.19 bits per heavy atom. The van der Waals surface area contributed by atoms with Gasteiger partial charge in [0, 0.05) is 12.1 Å². The molecule has 1 aromatic carbocycles. The normalized spacial score (nSPS) is 11.6. The molecule has 0 aliphatic heterocycles. The van der Waals surface area contributed by atoms with E-state index in [0.717, 1.165) is 18.8 Å². The van der Waals surface area contributed by atoms with Crippen LogP contribution in [-0.2, 0) is 6.54 Å². The van der Waals surface area contributed by atoms with Crippen molar-refractivity contribution < 1.29 is 0 Å². The van der Waals surface area contributed by atoms with Crippen molar-refractivity contribution in [3.05, 3.63) is 47.3 Å². The fraction of sp³-hybridized carbons (Fsp3) is 0.500. The van der Waals surface area contributed by atoms with Crippen molar-refractivity contribution >= 4 is 0 Å². The fourth-order valence-corrected chi connectivity index (χ4v) is 2.60. The van der Waals surface area contributed by atoms with Crippen LogP contribution in [0.3, 0.4) is 0 Å². The number of rotatable bonds is 6. The Hall–Kier alpha value is -1.61. The van der Waals surface area contributed by atoms with Crippen molar-refractivity contribution in [2.75, 3.05) is 6.54 Å². The summed E-state index contributed by atoms with van der Waals surface area (Å²) in [5.41, 5.74) is 5.01. The van der Waals surface area contributed by atoms with E-state index in [1.54, 1.807) is 0 Å². The lowest BCUT2D eigenvalue weighted by atomic mass is 10.1. The van der Waals surface area contributed by atoms with Gasteiger partial charge in [0.15, 0.2) is 0 Å². The molecule has 0 amide bonds. The number of hydrogen-bond acceptors (Lipinski definition) is 2. The summed E-state index contributed by atoms with van der Waals surface area (Å²) in [7, 11) is 0. The van der Waals surface area contributed by atoms with Gasteiger partial charge >= 0.3 is 0 Å². The number of aryl methyl sites for hydroxylation is 1. The van der Waals surface area contributed by atoms with Gasteiger partial charge in [-0.05, 0) is 43.0 Å². The Kier molecular flexibility index (Phi) is 5.18. The molecule has 0 unspecified atom stereocenters. The molecule has 0 bridgehead atoms. The van der Waals surface area contributed by atoms with E-state index in [9.17, 15) is 0 Å². The molecule has 114 valence electrons. The second-order valence-electron chi connectivity index (χ2n) is 6.49. The maximum atomic E-state index is 4.62. The first-order valence-corrected chi connectivity index (χ1v) is 7.83. The second-order valence-corrected chi connectivity index (χ2v) is 6.49. The first-order valence-electron chi connectivity index (χ1n) is 7.83. The monoisotopic (exact) mass is 285 g/mol. The van der Waals surface area contributed by atoms with Gasteiger partial charge in [-0.3, -0.25) is 0 Å². The van der Waals surface area contributed by atoms with E-state index < -0.39 is 0 Å². The molecule has 0 saturated heterocycles. The van der Waals surface area contributed by atoms with Crippen LogP contribution in [0.4, 0.5) is 0 Å². The molecule has 0 aliphatic rings. The van der Waals surface area contributed by atoms with E-state index in [-0.39, 0.29) is 0 Å². The van der Waals surface area contributed by atoms with E-state index in [1.807, 2.05) is 6.20 Å². The van der Waals surface area contributed by atoms with Gasteiger partial charge in [0.05, 0.1) is 17.6 Å². The van der Waals surface area contributed by atoms with Gasteiger partial charge < -0.3 is 5.32 Å². The van der Waals surface area contributed by atoms with Crippen LogP contribution in [0.2, 0.25) is 0 Å². The predicted octanol–water partition coefficient (Wildman–Crippen LogP) is 4.05. The lowest BCUT2D eigenvalue weighted by Crippen LogP contribution is -2.20. The van der Waals surface area contributed by atoms with E-state index in [0.29, 0.717) is 11.8 Å². The average molecular weight is 285 g/mol. The SMILES string of the molecule is Cc1cccc(-n2ncc(CNCC(C)C)c2C(C)C)c1. The van der Waals surface area contributed by atoms with Crippen LogP contribution in [0.15, 0.2) is 30.5 Å². The smallest absolute Gasteiger partial charge is 0.0651 e. The largest absolute Gasteiger partial charge is 0.312 e. The van der Waals surface area contributed by atoms with Crippen molar-refractivity contribution in [2.45, 2.75) is 47.1 Å². The van der Waals surface area contributed by atoms with Gasteiger partial charge in [-0.2, -0.15) is 5.10 Å². The van der Waals surface area contributed by atoms with Gasteiger partial charge in [-0.15, -0.1) is 0 Å². The van der Waals surface area contributed by atoms with Gasteiger partial charge in [0.1, 0.15) is 0 Å². The Balaban J connectivity index is 2.28. The zero-order valence-electron chi connectivity index (χ0n) is 13.9. The van der Waals surface area contributed by atoms with Crippen LogP contribution < -0.4 is 5.32 Å². The number of benzene rings is 1. The molecule has 3 heteroatoms. The van der Waals surface area contributed by atoms with Crippen molar-refractivity contribution in [3.8, 4) is 5.69 Å². The molecule has 0 fully saturated rings. The highest BCUT2D eigenvalue weighted by Crippen LogP contribution is 2.23. The van der Waals surface area contributed by atoms with Gasteiger partial charge in [-0.1, -0.05) is 39.8 Å². The van der Waals surface area contributed by atoms with Crippen molar-refractivity contribution in [1.82, 2.24) is 15.1 Å². The van der Waals surface area contributed by atoms with Crippen molar-refractivity contribution in [1.29, 1.82) is 0 Å². The van der Waals surface area contributed by atoms with Crippen LogP contribution in [0, 0.1) is 12.8 Å². The lowest BCUT2D eigenvalue weighted by Gasteiger charge is -2.14. The van der Waals surface area contributed by atoms with Crippen LogP contribution in [0.5, 0.6) is 0 Å². The zero-order valence-corrected chi connectivity index (χ0v) is 13.9. The molecular formula is C18H27N3. The molecule has 0 aliphatic carbocycles. The number of aromatic nitrogens is 2. The third-order valence-electron chi connectivity index (χ3n) is 3.55. The number of nitrogens with zero attached hydrogens (tertiary/aromatic N) is 2. The lowest BCUT2D eigenvalue weighted by molar-refractivity contribution is 0.549. The molecule has 0 atom stereocenters. The molecule has 2 rings (SSSR count). The predicted molar refractivity (Wildman–Crippen MR) is 88.9 cm³/mol. The first kappa shape index (κ1) is 15.8. The van der Waals surface area contributed by atoms with Crippen molar-refractivity contribution in [2.24, 2.45) is 5.92 Å². The summed E-state index contributed by atoms with van der Waals surface area (Å²) in [5.74, 6) is 1.11. The van der Waals surface area contributed by atoms with Crippen LogP contribution in [0.1, 0.15) is 50.4 Å². The molecule has 3 nitrogen and oxygen atoms in total. The van der Waals surface area contributed by atoms with Crippen LogP contribution >= 0.6 is 0 Å². The Morgan fingerprint density at radius 2 is 1.95 bits per heavy atom. The quantitative estimate of drug-likeness (QED) is 0.867. The molecule has 0 radical (unpaired) electrons. The molecule has 21 heavy (non-hydrogen) atoms. The van der Waals surface area contributed by atoms with Crippen molar-refractivity contribution in [3.63, 3.8) is 0 Å². The highest BCUT2D eigenvalue weighted by Gasteiger charge is 2.15. The molecular weight excluding hydrogens is 258 g/mol. The van der Waals surface area contributed by atoms with Crippen LogP contribution in [0.25, 0.3) is 5.69 Å². The number of nitrogens with one attached hydrogen (secondary N) is 1. The minimum absolute atomic E-state index is 0.448. The second kappa shape index (κ2) is 6.90. The first-order chi connectivity index (χ1) is 9.99. The average Bonchev–Trinajstić information content (AvgIpc) is 2.82. The Morgan fingerprint density at radius 3 is 2.57 bits per heavy atom. The summed E-state index contributed by atoms with van der Waals surface area (Å²) >= 11 is 0. The van der Waals surface area contributed by atoms with E-state index in [2.05, 4.69) is 74.0 Å². The standard InChI is InChI=1S/C18H27N3/c1-13(2)10-19-11-16-12-20-21(18(16)14(3)4)17-8-6-7-15(5)9-17/h6-9,12-14,19H,10-11H2,1-5H3. The van der Waals surface area contributed by atoms with Gasteiger partial charge in [0.2, 0.25) is 0 Å². The molecule has 1 aromatic heterocycles. The topological polar surface area (TPSA) is 29.9 Å². The molecule has 1 heterocycles. The van der Waals surface area contributed by atoms with Gasteiger partial charge in [-0.25, -0.2) is 4.68 Å². The Labute approximate surface area is 128 Å². The maximum absolute atomic E-state index is 4.62.